The third-order valence-electron chi connectivity index (χ3n) is 4.95. The van der Waals surface area contributed by atoms with Gasteiger partial charge in [-0.05, 0) is 31.1 Å². The summed E-state index contributed by atoms with van der Waals surface area (Å²) in [6, 6.07) is 0. The number of carbonyl (C=O) groups is 1. The van der Waals surface area contributed by atoms with Gasteiger partial charge in [-0.2, -0.15) is 0 Å². The summed E-state index contributed by atoms with van der Waals surface area (Å²) < 4.78 is 0. The summed E-state index contributed by atoms with van der Waals surface area (Å²) >= 11 is 0. The summed E-state index contributed by atoms with van der Waals surface area (Å²) in [4.78, 5) is 14.0. The van der Waals surface area contributed by atoms with Crippen LogP contribution >= 0.6 is 0 Å². The summed E-state index contributed by atoms with van der Waals surface area (Å²) in [5.41, 5.74) is 6.25. The quantitative estimate of drug-likeness (QED) is 0.810. The van der Waals surface area contributed by atoms with Crippen LogP contribution in [0.25, 0.3) is 0 Å². The van der Waals surface area contributed by atoms with Crippen LogP contribution in [-0.2, 0) is 4.79 Å². The molecule has 2 aliphatic carbocycles. The highest BCUT2D eigenvalue weighted by atomic mass is 16.2. The molecule has 3 rings (SSSR count). The second-order valence-electron chi connectivity index (χ2n) is 6.45. The number of hydrogen-bond acceptors (Lipinski definition) is 2. The molecule has 0 aromatic rings. The predicted octanol–water partition coefficient (Wildman–Crippen LogP) is 1.91. The first-order valence-corrected chi connectivity index (χ1v) is 7.24. The fourth-order valence-corrected chi connectivity index (χ4v) is 3.54. The van der Waals surface area contributed by atoms with Crippen LogP contribution in [0.3, 0.4) is 0 Å². The van der Waals surface area contributed by atoms with Gasteiger partial charge in [0.05, 0.1) is 5.54 Å². The van der Waals surface area contributed by atoms with E-state index in [1.54, 1.807) is 0 Å². The average molecular weight is 236 g/mol. The van der Waals surface area contributed by atoms with Crippen LogP contribution in [0.15, 0.2) is 0 Å². The van der Waals surface area contributed by atoms with Crippen LogP contribution < -0.4 is 5.73 Å². The highest BCUT2D eigenvalue weighted by molar-refractivity contribution is 5.77. The molecule has 2 N–H and O–H groups in total. The molecule has 3 fully saturated rings. The highest BCUT2D eigenvalue weighted by Gasteiger charge is 2.51. The Morgan fingerprint density at radius 1 is 1.18 bits per heavy atom. The smallest absolute Gasteiger partial charge is 0.222 e. The van der Waals surface area contributed by atoms with Gasteiger partial charge in [0.2, 0.25) is 5.91 Å². The van der Waals surface area contributed by atoms with Crippen molar-refractivity contribution in [3.8, 4) is 0 Å². The van der Waals surface area contributed by atoms with Gasteiger partial charge in [0.1, 0.15) is 0 Å². The zero-order valence-corrected chi connectivity index (χ0v) is 10.7. The van der Waals surface area contributed by atoms with Gasteiger partial charge in [-0.1, -0.05) is 25.7 Å². The molecule has 1 heterocycles. The first-order valence-electron chi connectivity index (χ1n) is 7.24. The normalized spacial score (nSPS) is 28.2. The lowest BCUT2D eigenvalue weighted by Crippen LogP contribution is -2.69. The van der Waals surface area contributed by atoms with Crippen molar-refractivity contribution in [3.05, 3.63) is 0 Å². The van der Waals surface area contributed by atoms with Gasteiger partial charge < -0.3 is 10.6 Å². The second kappa shape index (κ2) is 4.27. The summed E-state index contributed by atoms with van der Waals surface area (Å²) in [7, 11) is 0. The second-order valence-corrected chi connectivity index (χ2v) is 6.45. The van der Waals surface area contributed by atoms with Crippen molar-refractivity contribution in [2.24, 2.45) is 17.6 Å². The van der Waals surface area contributed by atoms with Crippen LogP contribution in [-0.4, -0.2) is 29.4 Å². The van der Waals surface area contributed by atoms with Crippen molar-refractivity contribution in [1.29, 1.82) is 0 Å². The van der Waals surface area contributed by atoms with Gasteiger partial charge in [-0.25, -0.2) is 0 Å². The van der Waals surface area contributed by atoms with Crippen molar-refractivity contribution in [2.45, 2.75) is 56.9 Å². The van der Waals surface area contributed by atoms with Crippen LogP contribution in [0.4, 0.5) is 0 Å². The molecular weight excluding hydrogens is 212 g/mol. The van der Waals surface area contributed by atoms with Crippen LogP contribution in [0, 0.1) is 11.8 Å². The molecule has 3 nitrogen and oxygen atoms in total. The first-order chi connectivity index (χ1) is 8.17. The maximum atomic E-state index is 12.0. The van der Waals surface area contributed by atoms with E-state index in [-0.39, 0.29) is 5.54 Å². The molecular formula is C14H24N2O. The van der Waals surface area contributed by atoms with Crippen LogP contribution in [0.1, 0.15) is 51.4 Å². The van der Waals surface area contributed by atoms with E-state index in [1.165, 1.54) is 38.5 Å². The van der Waals surface area contributed by atoms with Crippen LogP contribution in [0.2, 0.25) is 0 Å². The summed E-state index contributed by atoms with van der Waals surface area (Å²) in [6.45, 7) is 1.64. The SMILES string of the molecule is NC1(C2CC2)CN(C(=O)CCC2CCCC2)C1. The minimum atomic E-state index is -0.0109. The number of amides is 1. The number of likely N-dealkylation sites (tertiary alicyclic amines) is 1. The number of nitrogens with two attached hydrogens (primary N) is 1. The summed E-state index contributed by atoms with van der Waals surface area (Å²) in [5, 5.41) is 0. The Morgan fingerprint density at radius 2 is 1.82 bits per heavy atom. The maximum Gasteiger partial charge on any atom is 0.222 e. The highest BCUT2D eigenvalue weighted by Crippen LogP contribution is 2.43. The summed E-state index contributed by atoms with van der Waals surface area (Å²) in [5.74, 6) is 1.88. The molecule has 0 atom stereocenters. The van der Waals surface area contributed by atoms with Gasteiger partial charge in [-0.3, -0.25) is 4.79 Å². The first kappa shape index (κ1) is 11.5. The Bertz CT molecular complexity index is 299. The lowest BCUT2D eigenvalue weighted by molar-refractivity contribution is -0.139. The molecule has 3 heteroatoms. The number of nitrogens with zero attached hydrogens (tertiary/aromatic N) is 1. The molecule has 0 aromatic carbocycles. The molecule has 2 saturated carbocycles. The van der Waals surface area contributed by atoms with Gasteiger partial charge >= 0.3 is 0 Å². The lowest BCUT2D eigenvalue weighted by Gasteiger charge is -2.48. The van der Waals surface area contributed by atoms with E-state index in [0.717, 1.165) is 31.8 Å². The van der Waals surface area contributed by atoms with Crippen molar-refractivity contribution in [2.75, 3.05) is 13.1 Å². The third-order valence-corrected chi connectivity index (χ3v) is 4.95. The average Bonchev–Trinajstić information content (AvgIpc) is 3.00. The monoisotopic (exact) mass is 236 g/mol. The van der Waals surface area contributed by atoms with Gasteiger partial charge in [0.25, 0.3) is 0 Å². The van der Waals surface area contributed by atoms with Crippen LogP contribution in [0.5, 0.6) is 0 Å². The molecule has 0 bridgehead atoms. The molecule has 0 aromatic heterocycles. The van der Waals surface area contributed by atoms with E-state index in [2.05, 4.69) is 0 Å². The molecule has 1 aliphatic heterocycles. The zero-order chi connectivity index (χ0) is 11.9. The minimum absolute atomic E-state index is 0.0109. The molecule has 1 saturated heterocycles. The summed E-state index contributed by atoms with van der Waals surface area (Å²) in [6.07, 6.45) is 9.85. The molecule has 17 heavy (non-hydrogen) atoms. The van der Waals surface area contributed by atoms with Crippen molar-refractivity contribution < 1.29 is 4.79 Å². The van der Waals surface area contributed by atoms with E-state index in [9.17, 15) is 4.79 Å². The Morgan fingerprint density at radius 3 is 2.41 bits per heavy atom. The third kappa shape index (κ3) is 2.35. The largest absolute Gasteiger partial charge is 0.339 e. The Balaban J connectivity index is 1.39. The molecule has 0 spiro atoms. The molecule has 3 aliphatic rings. The fourth-order valence-electron chi connectivity index (χ4n) is 3.54. The van der Waals surface area contributed by atoms with Gasteiger partial charge in [-0.15, -0.1) is 0 Å². The topological polar surface area (TPSA) is 46.3 Å². The molecule has 96 valence electrons. The Kier molecular flexibility index (Phi) is 2.89. The van der Waals surface area contributed by atoms with Gasteiger partial charge in [0.15, 0.2) is 0 Å². The molecule has 0 radical (unpaired) electrons. The minimum Gasteiger partial charge on any atom is -0.339 e. The van der Waals surface area contributed by atoms with Gasteiger partial charge in [0, 0.05) is 19.5 Å². The number of rotatable bonds is 4. The molecule has 1 amide bonds. The Labute approximate surface area is 104 Å². The fraction of sp³-hybridized carbons (Fsp3) is 0.929. The number of carbonyl (C=O) groups excluding carboxylic acids is 1. The van der Waals surface area contributed by atoms with Crippen molar-refractivity contribution >= 4 is 5.91 Å². The predicted molar refractivity (Wildman–Crippen MR) is 67.4 cm³/mol. The standard InChI is InChI=1S/C14H24N2O/c15-14(12-6-7-12)9-16(10-14)13(17)8-5-11-3-1-2-4-11/h11-12H,1-10,15H2. The van der Waals surface area contributed by atoms with Crippen molar-refractivity contribution in [1.82, 2.24) is 4.90 Å². The van der Waals surface area contributed by atoms with E-state index < -0.39 is 0 Å². The van der Waals surface area contributed by atoms with E-state index in [1.807, 2.05) is 4.90 Å². The zero-order valence-electron chi connectivity index (χ0n) is 10.7. The maximum absolute atomic E-state index is 12.0. The lowest BCUT2D eigenvalue weighted by atomic mass is 9.85. The Hall–Kier alpha value is -0.570. The molecule has 0 unspecified atom stereocenters. The van der Waals surface area contributed by atoms with E-state index >= 15 is 0 Å². The van der Waals surface area contributed by atoms with E-state index in [4.69, 9.17) is 5.73 Å². The van der Waals surface area contributed by atoms with Crippen molar-refractivity contribution in [3.63, 3.8) is 0 Å². The van der Waals surface area contributed by atoms with E-state index in [0.29, 0.717) is 11.8 Å². The number of hydrogen-bond donors (Lipinski definition) is 1.